The fraction of sp³-hybridized carbons (Fsp3) is 0.0909. The van der Waals surface area contributed by atoms with Crippen molar-refractivity contribution in [2.75, 3.05) is 7.11 Å². The van der Waals surface area contributed by atoms with Crippen LogP contribution in [0, 0.1) is 0 Å². The highest BCUT2D eigenvalue weighted by atomic mass is 16.5. The molecule has 0 saturated heterocycles. The van der Waals surface area contributed by atoms with Crippen molar-refractivity contribution in [3.63, 3.8) is 0 Å². The van der Waals surface area contributed by atoms with Crippen LogP contribution in [-0.4, -0.2) is 23.8 Å². The molecular formula is C11H8O4. The zero-order valence-electron chi connectivity index (χ0n) is 7.98. The highest BCUT2D eigenvalue weighted by molar-refractivity contribution is 6.25. The molecule has 0 atom stereocenters. The van der Waals surface area contributed by atoms with Gasteiger partial charge in [0.1, 0.15) is 0 Å². The van der Waals surface area contributed by atoms with Crippen molar-refractivity contribution in [2.24, 2.45) is 0 Å². The zero-order chi connectivity index (χ0) is 11.0. The fourth-order valence-corrected chi connectivity index (χ4v) is 1.53. The number of ketones is 2. The molecule has 0 fully saturated rings. The summed E-state index contributed by atoms with van der Waals surface area (Å²) < 4.78 is 4.70. The first-order chi connectivity index (χ1) is 7.16. The molecule has 0 unspecified atom stereocenters. The SMILES string of the molecule is COC1=C(O)C(=O)c2ccccc2C1=O. The lowest BCUT2D eigenvalue weighted by Crippen LogP contribution is -2.22. The molecule has 1 aromatic rings. The van der Waals surface area contributed by atoms with E-state index in [1.54, 1.807) is 12.1 Å². The lowest BCUT2D eigenvalue weighted by Gasteiger charge is -2.15. The number of aliphatic hydroxyl groups is 1. The van der Waals surface area contributed by atoms with Crippen molar-refractivity contribution in [2.45, 2.75) is 0 Å². The standard InChI is InChI=1S/C11H8O4/c1-15-11-9(13)7-5-3-2-4-6(7)8(12)10(11)14/h2-5,14H,1H3. The summed E-state index contributed by atoms with van der Waals surface area (Å²) >= 11 is 0. The predicted molar refractivity (Wildman–Crippen MR) is 51.8 cm³/mol. The average molecular weight is 204 g/mol. The quantitative estimate of drug-likeness (QED) is 0.752. The zero-order valence-corrected chi connectivity index (χ0v) is 7.98. The van der Waals surface area contributed by atoms with Crippen LogP contribution in [-0.2, 0) is 4.74 Å². The second kappa shape index (κ2) is 3.24. The molecule has 0 amide bonds. The number of hydrogen-bond donors (Lipinski definition) is 1. The summed E-state index contributed by atoms with van der Waals surface area (Å²) in [6.07, 6.45) is 0. The van der Waals surface area contributed by atoms with E-state index < -0.39 is 17.3 Å². The smallest absolute Gasteiger partial charge is 0.232 e. The van der Waals surface area contributed by atoms with E-state index in [2.05, 4.69) is 0 Å². The van der Waals surface area contributed by atoms with Crippen LogP contribution in [0.3, 0.4) is 0 Å². The Hall–Kier alpha value is -2.10. The highest BCUT2D eigenvalue weighted by Gasteiger charge is 2.32. The van der Waals surface area contributed by atoms with E-state index >= 15 is 0 Å². The Balaban J connectivity index is 2.68. The van der Waals surface area contributed by atoms with Gasteiger partial charge >= 0.3 is 0 Å². The normalized spacial score (nSPS) is 15.3. The number of aliphatic hydroxyl groups excluding tert-OH is 1. The minimum Gasteiger partial charge on any atom is -0.501 e. The number of methoxy groups -OCH3 is 1. The number of Topliss-reactive ketones (excluding diaryl/α,β-unsaturated/α-hetero) is 2. The van der Waals surface area contributed by atoms with Crippen molar-refractivity contribution in [1.29, 1.82) is 0 Å². The number of ether oxygens (including phenoxy) is 1. The summed E-state index contributed by atoms with van der Waals surface area (Å²) in [4.78, 5) is 23.3. The van der Waals surface area contributed by atoms with Gasteiger partial charge in [0.15, 0.2) is 0 Å². The first kappa shape index (κ1) is 9.45. The van der Waals surface area contributed by atoms with Gasteiger partial charge in [-0.2, -0.15) is 0 Å². The topological polar surface area (TPSA) is 63.6 Å². The summed E-state index contributed by atoms with van der Waals surface area (Å²) in [7, 11) is 1.24. The second-order valence-electron chi connectivity index (χ2n) is 3.09. The molecule has 1 aromatic carbocycles. The maximum Gasteiger partial charge on any atom is 0.232 e. The van der Waals surface area contributed by atoms with Crippen molar-refractivity contribution in [3.8, 4) is 0 Å². The molecule has 1 aliphatic carbocycles. The van der Waals surface area contributed by atoms with Gasteiger partial charge in [0, 0.05) is 11.1 Å². The van der Waals surface area contributed by atoms with Gasteiger partial charge in [-0.05, 0) is 0 Å². The first-order valence-corrected chi connectivity index (χ1v) is 4.32. The molecule has 0 spiro atoms. The third kappa shape index (κ3) is 1.22. The van der Waals surface area contributed by atoms with Gasteiger partial charge in [-0.15, -0.1) is 0 Å². The largest absolute Gasteiger partial charge is 0.501 e. The Morgan fingerprint density at radius 2 is 1.60 bits per heavy atom. The molecule has 0 bridgehead atoms. The van der Waals surface area contributed by atoms with Crippen LogP contribution in [0.1, 0.15) is 20.7 Å². The number of carbonyl (C=O) groups is 2. The molecule has 0 saturated carbocycles. The predicted octanol–water partition coefficient (Wildman–Crippen LogP) is 1.48. The van der Waals surface area contributed by atoms with Crippen molar-refractivity contribution in [1.82, 2.24) is 0 Å². The molecule has 76 valence electrons. The van der Waals surface area contributed by atoms with Crippen LogP contribution in [0.25, 0.3) is 0 Å². The summed E-state index contributed by atoms with van der Waals surface area (Å²) in [5.74, 6) is -1.97. The van der Waals surface area contributed by atoms with Gasteiger partial charge in [-0.3, -0.25) is 9.59 Å². The molecule has 1 N–H and O–H groups in total. The van der Waals surface area contributed by atoms with Crippen LogP contribution in [0.15, 0.2) is 35.8 Å². The Labute approximate surface area is 85.8 Å². The Bertz CT molecular complexity index is 485. The van der Waals surface area contributed by atoms with Crippen LogP contribution >= 0.6 is 0 Å². The lowest BCUT2D eigenvalue weighted by molar-refractivity contribution is 0.0855. The molecule has 4 nitrogen and oxygen atoms in total. The summed E-state index contributed by atoms with van der Waals surface area (Å²) in [5.41, 5.74) is 0.470. The minimum atomic E-state index is -0.624. The molecule has 0 aromatic heterocycles. The number of carbonyl (C=O) groups excluding carboxylic acids is 2. The maximum absolute atomic E-state index is 11.7. The number of rotatable bonds is 1. The molecule has 2 rings (SSSR count). The van der Waals surface area contributed by atoms with E-state index in [1.165, 1.54) is 19.2 Å². The monoisotopic (exact) mass is 204 g/mol. The summed E-state index contributed by atoms with van der Waals surface area (Å²) in [5, 5.41) is 9.44. The molecule has 1 aliphatic rings. The van der Waals surface area contributed by atoms with Gasteiger partial charge < -0.3 is 9.84 Å². The molecule has 0 aliphatic heterocycles. The Morgan fingerprint density at radius 1 is 1.07 bits per heavy atom. The van der Waals surface area contributed by atoms with E-state index in [-0.39, 0.29) is 16.9 Å². The van der Waals surface area contributed by atoms with Crippen molar-refractivity contribution in [3.05, 3.63) is 46.9 Å². The van der Waals surface area contributed by atoms with E-state index in [9.17, 15) is 14.7 Å². The van der Waals surface area contributed by atoms with Crippen LogP contribution in [0.2, 0.25) is 0 Å². The third-order valence-corrected chi connectivity index (χ3v) is 2.26. The fourth-order valence-electron chi connectivity index (χ4n) is 1.53. The number of allylic oxidation sites excluding steroid dienone is 2. The van der Waals surface area contributed by atoms with Crippen LogP contribution < -0.4 is 0 Å². The second-order valence-corrected chi connectivity index (χ2v) is 3.09. The molecule has 0 heterocycles. The lowest BCUT2D eigenvalue weighted by atomic mass is 9.92. The molecule has 0 radical (unpaired) electrons. The molecule has 15 heavy (non-hydrogen) atoms. The van der Waals surface area contributed by atoms with Gasteiger partial charge in [-0.25, -0.2) is 0 Å². The van der Waals surface area contributed by atoms with Gasteiger partial charge in [0.25, 0.3) is 0 Å². The Kier molecular flexibility index (Phi) is 2.04. The van der Waals surface area contributed by atoms with Crippen LogP contribution in [0.5, 0.6) is 0 Å². The average Bonchev–Trinajstić information content (AvgIpc) is 2.27. The van der Waals surface area contributed by atoms with E-state index in [1.807, 2.05) is 0 Å². The summed E-state index contributed by atoms with van der Waals surface area (Å²) in [6.45, 7) is 0. The van der Waals surface area contributed by atoms with E-state index in [0.29, 0.717) is 0 Å². The molecular weight excluding hydrogens is 196 g/mol. The van der Waals surface area contributed by atoms with Gasteiger partial charge in [0.05, 0.1) is 7.11 Å². The number of benzene rings is 1. The van der Waals surface area contributed by atoms with E-state index in [0.717, 1.165) is 0 Å². The first-order valence-electron chi connectivity index (χ1n) is 4.32. The van der Waals surface area contributed by atoms with Crippen LogP contribution in [0.4, 0.5) is 0 Å². The Morgan fingerprint density at radius 3 is 2.13 bits per heavy atom. The van der Waals surface area contributed by atoms with Crippen molar-refractivity contribution >= 4 is 11.6 Å². The summed E-state index contributed by atoms with van der Waals surface area (Å²) in [6, 6.07) is 6.31. The number of fused-ring (bicyclic) bond motifs is 1. The number of hydrogen-bond acceptors (Lipinski definition) is 4. The minimum absolute atomic E-state index is 0.209. The third-order valence-electron chi connectivity index (χ3n) is 2.26. The van der Waals surface area contributed by atoms with E-state index in [4.69, 9.17) is 4.74 Å². The highest BCUT2D eigenvalue weighted by Crippen LogP contribution is 2.24. The maximum atomic E-state index is 11.7. The van der Waals surface area contributed by atoms with Gasteiger partial charge in [-0.1, -0.05) is 24.3 Å². The van der Waals surface area contributed by atoms with Gasteiger partial charge in [0.2, 0.25) is 23.1 Å². The van der Waals surface area contributed by atoms with Crippen molar-refractivity contribution < 1.29 is 19.4 Å². The molecule has 4 heteroatoms.